The molecule has 0 amide bonds. The quantitative estimate of drug-likeness (QED) is 0.347. The molecular weight excluding hydrogens is 381 g/mol. The molecule has 0 saturated carbocycles. The van der Waals surface area contributed by atoms with Crippen LogP contribution in [0.3, 0.4) is 0 Å². The third kappa shape index (κ3) is 9.18. The second-order valence-electron chi connectivity index (χ2n) is 2.04. The molecule has 0 N–H and O–H groups in total. The first-order chi connectivity index (χ1) is 3.93. The zero-order valence-electron chi connectivity index (χ0n) is 6.86. The van der Waals surface area contributed by atoms with Crippen molar-refractivity contribution in [3.8, 4) is 0 Å². The SMILES string of the molecule is CCC[c-]1cccc1.[Cl-].[Cl-].[Cl-].[Hf+4]. The summed E-state index contributed by atoms with van der Waals surface area (Å²) in [7, 11) is 0. The van der Waals surface area contributed by atoms with Gasteiger partial charge in [0.1, 0.15) is 0 Å². The Morgan fingerprint density at radius 2 is 1.42 bits per heavy atom. The molecule has 68 valence electrons. The number of halogens is 3. The van der Waals surface area contributed by atoms with Crippen LogP contribution in [0, 0.1) is 0 Å². The molecule has 0 atom stereocenters. The third-order valence-electron chi connectivity index (χ3n) is 1.27. The van der Waals surface area contributed by atoms with Gasteiger partial charge in [-0.3, -0.25) is 0 Å². The Morgan fingerprint density at radius 3 is 1.75 bits per heavy atom. The van der Waals surface area contributed by atoms with E-state index in [1.54, 1.807) is 0 Å². The van der Waals surface area contributed by atoms with E-state index < -0.39 is 0 Å². The monoisotopic (exact) mass is 392 g/mol. The van der Waals surface area contributed by atoms with Gasteiger partial charge in [-0.1, -0.05) is 19.8 Å². The zero-order chi connectivity index (χ0) is 5.82. The first-order valence-corrected chi connectivity index (χ1v) is 3.14. The van der Waals surface area contributed by atoms with Gasteiger partial charge in [0.2, 0.25) is 0 Å². The second kappa shape index (κ2) is 14.6. The molecule has 1 aromatic rings. The Kier molecular flexibility index (Phi) is 28.2. The molecule has 0 radical (unpaired) electrons. The van der Waals surface area contributed by atoms with Gasteiger partial charge in [-0.15, -0.1) is 0 Å². The Balaban J connectivity index is -0.0000000800. The molecule has 0 saturated heterocycles. The number of aryl methyl sites for hydroxylation is 1. The van der Waals surface area contributed by atoms with Crippen LogP contribution in [0.25, 0.3) is 0 Å². The molecule has 0 aromatic heterocycles. The average Bonchev–Trinajstić information content (AvgIpc) is 2.19. The molecule has 0 aliphatic rings. The summed E-state index contributed by atoms with van der Waals surface area (Å²) in [5.41, 5.74) is 1.47. The maximum atomic E-state index is 2.20. The summed E-state index contributed by atoms with van der Waals surface area (Å²) in [5.74, 6) is 0. The normalized spacial score (nSPS) is 6.42. The van der Waals surface area contributed by atoms with E-state index in [0.717, 1.165) is 0 Å². The first-order valence-electron chi connectivity index (χ1n) is 3.14. The van der Waals surface area contributed by atoms with Crippen LogP contribution in [0.1, 0.15) is 18.9 Å². The van der Waals surface area contributed by atoms with Gasteiger partial charge in [0.15, 0.2) is 0 Å². The van der Waals surface area contributed by atoms with Crippen LogP contribution in [0.15, 0.2) is 24.3 Å². The number of rotatable bonds is 2. The molecule has 0 aliphatic heterocycles. The van der Waals surface area contributed by atoms with Crippen molar-refractivity contribution in [1.29, 1.82) is 0 Å². The Labute approximate surface area is 112 Å². The minimum atomic E-state index is 0. The van der Waals surface area contributed by atoms with Crippen molar-refractivity contribution in [2.75, 3.05) is 0 Å². The summed E-state index contributed by atoms with van der Waals surface area (Å²) in [6.45, 7) is 2.20. The van der Waals surface area contributed by atoms with E-state index in [0.29, 0.717) is 0 Å². The molecule has 1 rings (SSSR count). The Bertz CT molecular complexity index is 140. The Hall–Kier alpha value is 1.09. The predicted octanol–water partition coefficient (Wildman–Crippen LogP) is -6.63. The van der Waals surface area contributed by atoms with Crippen LogP contribution >= 0.6 is 0 Å². The smallest absolute Gasteiger partial charge is 1.00 e. The molecule has 0 fully saturated rings. The largest absolute Gasteiger partial charge is 4.00 e. The minimum Gasteiger partial charge on any atom is -1.00 e. The molecule has 0 unspecified atom stereocenters. The van der Waals surface area contributed by atoms with Crippen LogP contribution in [0.2, 0.25) is 0 Å². The van der Waals surface area contributed by atoms with E-state index in [1.807, 2.05) is 0 Å². The van der Waals surface area contributed by atoms with E-state index in [2.05, 4.69) is 31.2 Å². The van der Waals surface area contributed by atoms with Crippen molar-refractivity contribution in [3.05, 3.63) is 29.8 Å². The molecule has 0 spiro atoms. The van der Waals surface area contributed by atoms with Gasteiger partial charge in [-0.2, -0.15) is 17.7 Å². The summed E-state index contributed by atoms with van der Waals surface area (Å²) < 4.78 is 0. The molecule has 0 heterocycles. The number of hydrogen-bond acceptors (Lipinski definition) is 0. The van der Waals surface area contributed by atoms with Gasteiger partial charge in [-0.05, 0) is 0 Å². The van der Waals surface area contributed by atoms with E-state index in [1.165, 1.54) is 18.4 Å². The zero-order valence-corrected chi connectivity index (χ0v) is 12.7. The van der Waals surface area contributed by atoms with Crippen LogP contribution in [0.5, 0.6) is 0 Å². The minimum absolute atomic E-state index is 0. The summed E-state index contributed by atoms with van der Waals surface area (Å²) in [6.07, 6.45) is 2.48. The third-order valence-corrected chi connectivity index (χ3v) is 1.27. The molecule has 0 aliphatic carbocycles. The summed E-state index contributed by atoms with van der Waals surface area (Å²) >= 11 is 0. The maximum absolute atomic E-state index is 2.20. The molecule has 0 bridgehead atoms. The fourth-order valence-corrected chi connectivity index (χ4v) is 0.869. The number of hydrogen-bond donors (Lipinski definition) is 0. The van der Waals surface area contributed by atoms with Gasteiger partial charge >= 0.3 is 25.8 Å². The van der Waals surface area contributed by atoms with Crippen LogP contribution in [-0.2, 0) is 32.3 Å². The van der Waals surface area contributed by atoms with Crippen molar-refractivity contribution in [2.45, 2.75) is 19.8 Å². The molecule has 1 aromatic carbocycles. The van der Waals surface area contributed by atoms with Crippen molar-refractivity contribution in [1.82, 2.24) is 0 Å². The van der Waals surface area contributed by atoms with Gasteiger partial charge in [-0.25, -0.2) is 12.1 Å². The second-order valence-corrected chi connectivity index (χ2v) is 2.04. The van der Waals surface area contributed by atoms with Crippen LogP contribution in [0.4, 0.5) is 0 Å². The predicted molar refractivity (Wildman–Crippen MR) is 36.0 cm³/mol. The molecule has 4 heteroatoms. The maximum Gasteiger partial charge on any atom is 4.00 e. The summed E-state index contributed by atoms with van der Waals surface area (Å²) in [4.78, 5) is 0. The fourth-order valence-electron chi connectivity index (χ4n) is 0.869. The van der Waals surface area contributed by atoms with Gasteiger partial charge in [0.25, 0.3) is 0 Å². The molecule has 0 nitrogen and oxygen atoms in total. The van der Waals surface area contributed by atoms with Crippen molar-refractivity contribution >= 4 is 0 Å². The van der Waals surface area contributed by atoms with Crippen molar-refractivity contribution in [2.24, 2.45) is 0 Å². The summed E-state index contributed by atoms with van der Waals surface area (Å²) in [6, 6.07) is 8.52. The van der Waals surface area contributed by atoms with E-state index in [-0.39, 0.29) is 63.1 Å². The van der Waals surface area contributed by atoms with Gasteiger partial charge in [0.05, 0.1) is 0 Å². The molecule has 12 heavy (non-hydrogen) atoms. The fraction of sp³-hybridized carbons (Fsp3) is 0.375. The first kappa shape index (κ1) is 23.2. The van der Waals surface area contributed by atoms with Gasteiger partial charge < -0.3 is 37.2 Å². The Morgan fingerprint density at radius 1 is 1.00 bits per heavy atom. The summed E-state index contributed by atoms with van der Waals surface area (Å²) in [5, 5.41) is 0. The van der Waals surface area contributed by atoms with Gasteiger partial charge in [0, 0.05) is 0 Å². The van der Waals surface area contributed by atoms with Crippen molar-refractivity contribution < 1.29 is 63.1 Å². The molecular formula is C8H11Cl3Hf. The van der Waals surface area contributed by atoms with Crippen molar-refractivity contribution in [3.63, 3.8) is 0 Å². The van der Waals surface area contributed by atoms with Crippen LogP contribution in [-0.4, -0.2) is 0 Å². The topological polar surface area (TPSA) is 0 Å². The average molecular weight is 392 g/mol. The van der Waals surface area contributed by atoms with E-state index in [9.17, 15) is 0 Å². The standard InChI is InChI=1S/C8H11.3ClH.Hf/c1-2-5-8-6-3-4-7-8;;;;/h3-4,6-7H,2,5H2,1H3;3*1H;/q-1;;;;+4/p-3. The van der Waals surface area contributed by atoms with E-state index in [4.69, 9.17) is 0 Å². The van der Waals surface area contributed by atoms with Crippen LogP contribution < -0.4 is 37.2 Å². The van der Waals surface area contributed by atoms with E-state index >= 15 is 0 Å².